The van der Waals surface area contributed by atoms with Crippen LogP contribution < -0.4 is 4.72 Å². The number of nitrogens with zero attached hydrogens (tertiary/aromatic N) is 1. The maximum atomic E-state index is 13.0. The molecule has 1 unspecified atom stereocenters. The minimum absolute atomic E-state index is 0.0962. The zero-order valence-electron chi connectivity index (χ0n) is 18.0. The standard InChI is InChI=1S/C24H29N3O3S/c1-17-9-11-20(12-10-17)31(29,30)25-15-19-6-5-13-27(16-19)24(28)14-22-18(2)26-23-8-4-3-7-21(22)23/h3-4,7-12,19,25-26H,5-6,13-16H2,1-2H3. The predicted molar refractivity (Wildman–Crippen MR) is 122 cm³/mol. The van der Waals surface area contributed by atoms with Crippen molar-refractivity contribution in [2.24, 2.45) is 5.92 Å². The number of amides is 1. The van der Waals surface area contributed by atoms with Crippen molar-refractivity contribution >= 4 is 26.8 Å². The third kappa shape index (κ3) is 4.83. The maximum Gasteiger partial charge on any atom is 0.240 e. The number of sulfonamides is 1. The highest BCUT2D eigenvalue weighted by atomic mass is 32.2. The van der Waals surface area contributed by atoms with Crippen LogP contribution in [-0.4, -0.2) is 43.8 Å². The number of rotatable bonds is 6. The average Bonchev–Trinajstić information content (AvgIpc) is 3.08. The van der Waals surface area contributed by atoms with E-state index in [-0.39, 0.29) is 16.7 Å². The number of nitrogens with one attached hydrogen (secondary N) is 2. The molecule has 0 bridgehead atoms. The first-order chi connectivity index (χ1) is 14.8. The maximum absolute atomic E-state index is 13.0. The molecule has 6 nitrogen and oxygen atoms in total. The van der Waals surface area contributed by atoms with Crippen LogP contribution in [0.1, 0.15) is 29.7 Å². The van der Waals surface area contributed by atoms with Crippen molar-refractivity contribution in [1.29, 1.82) is 0 Å². The molecule has 1 aliphatic rings. The molecule has 1 saturated heterocycles. The molecule has 2 heterocycles. The summed E-state index contributed by atoms with van der Waals surface area (Å²) in [7, 11) is -3.54. The van der Waals surface area contributed by atoms with Crippen LogP contribution in [0.15, 0.2) is 53.4 Å². The topological polar surface area (TPSA) is 82.3 Å². The van der Waals surface area contributed by atoms with Gasteiger partial charge in [0.2, 0.25) is 15.9 Å². The number of aryl methyl sites for hydroxylation is 2. The number of hydrogen-bond acceptors (Lipinski definition) is 3. The van der Waals surface area contributed by atoms with Gasteiger partial charge in [0.25, 0.3) is 0 Å². The summed E-state index contributed by atoms with van der Waals surface area (Å²) in [5.41, 5.74) is 4.13. The monoisotopic (exact) mass is 439 g/mol. The Balaban J connectivity index is 1.38. The fraction of sp³-hybridized carbons (Fsp3) is 0.375. The number of para-hydroxylation sites is 1. The van der Waals surface area contributed by atoms with Crippen LogP contribution in [0.3, 0.4) is 0 Å². The van der Waals surface area contributed by atoms with Gasteiger partial charge in [-0.1, -0.05) is 35.9 Å². The van der Waals surface area contributed by atoms with Gasteiger partial charge in [-0.15, -0.1) is 0 Å². The summed E-state index contributed by atoms with van der Waals surface area (Å²) in [6.45, 7) is 5.57. The molecule has 1 fully saturated rings. The largest absolute Gasteiger partial charge is 0.358 e. The van der Waals surface area contributed by atoms with Crippen LogP contribution >= 0.6 is 0 Å². The molecule has 4 rings (SSSR count). The van der Waals surface area contributed by atoms with Gasteiger partial charge in [0.05, 0.1) is 11.3 Å². The molecule has 31 heavy (non-hydrogen) atoms. The first-order valence-electron chi connectivity index (χ1n) is 10.7. The van der Waals surface area contributed by atoms with Gasteiger partial charge in [0.1, 0.15) is 0 Å². The van der Waals surface area contributed by atoms with E-state index in [1.807, 2.05) is 43.0 Å². The second-order valence-corrected chi connectivity index (χ2v) is 10.2. The van der Waals surface area contributed by atoms with Crippen LogP contribution in [0.2, 0.25) is 0 Å². The summed E-state index contributed by atoms with van der Waals surface area (Å²) in [5, 5.41) is 1.09. The Morgan fingerprint density at radius 2 is 1.87 bits per heavy atom. The van der Waals surface area contributed by atoms with Crippen LogP contribution in [-0.2, 0) is 21.2 Å². The van der Waals surface area contributed by atoms with Gasteiger partial charge in [-0.25, -0.2) is 13.1 Å². The molecule has 1 amide bonds. The quantitative estimate of drug-likeness (QED) is 0.616. The first-order valence-corrected chi connectivity index (χ1v) is 12.2. The van der Waals surface area contributed by atoms with E-state index < -0.39 is 10.0 Å². The highest BCUT2D eigenvalue weighted by Crippen LogP contribution is 2.24. The van der Waals surface area contributed by atoms with Crippen molar-refractivity contribution in [3.8, 4) is 0 Å². The third-order valence-corrected chi connectivity index (χ3v) is 7.56. The SMILES string of the molecule is Cc1ccc(S(=O)(=O)NCC2CCCN(C(=O)Cc3c(C)[nH]c4ccccc34)C2)cc1. The van der Waals surface area contributed by atoms with E-state index in [9.17, 15) is 13.2 Å². The second-order valence-electron chi connectivity index (χ2n) is 8.46. The Morgan fingerprint density at radius 3 is 2.65 bits per heavy atom. The van der Waals surface area contributed by atoms with Gasteiger partial charge in [-0.05, 0) is 56.4 Å². The van der Waals surface area contributed by atoms with Crippen LogP contribution in [0, 0.1) is 19.8 Å². The lowest BCUT2D eigenvalue weighted by Crippen LogP contribution is -2.44. The minimum Gasteiger partial charge on any atom is -0.358 e. The Labute approximate surface area is 183 Å². The Bertz CT molecular complexity index is 1180. The number of aromatic amines is 1. The number of carbonyl (C=O) groups excluding carboxylic acids is 1. The molecule has 164 valence electrons. The van der Waals surface area contributed by atoms with Gasteiger partial charge in [-0.2, -0.15) is 0 Å². The number of likely N-dealkylation sites (tertiary alicyclic amines) is 1. The molecule has 0 saturated carbocycles. The first kappa shape index (κ1) is 21.6. The molecule has 0 aliphatic carbocycles. The average molecular weight is 440 g/mol. The van der Waals surface area contributed by atoms with Crippen LogP contribution in [0.4, 0.5) is 0 Å². The highest BCUT2D eigenvalue weighted by molar-refractivity contribution is 7.89. The van der Waals surface area contributed by atoms with Crippen molar-refractivity contribution in [3.63, 3.8) is 0 Å². The number of H-pyrrole nitrogens is 1. The Kier molecular flexibility index (Phi) is 6.16. The summed E-state index contributed by atoms with van der Waals surface area (Å²) in [4.78, 5) is 18.5. The molecule has 1 atom stereocenters. The van der Waals surface area contributed by atoms with Gasteiger partial charge < -0.3 is 9.88 Å². The van der Waals surface area contributed by atoms with Crippen LogP contribution in [0.5, 0.6) is 0 Å². The fourth-order valence-electron chi connectivity index (χ4n) is 4.31. The van der Waals surface area contributed by atoms with Crippen molar-refractivity contribution in [1.82, 2.24) is 14.6 Å². The molecule has 1 aliphatic heterocycles. The molecule has 0 spiro atoms. The van der Waals surface area contributed by atoms with Gasteiger partial charge >= 0.3 is 0 Å². The molecule has 0 radical (unpaired) electrons. The number of piperidine rings is 1. The summed E-state index contributed by atoms with van der Waals surface area (Å²) in [6.07, 6.45) is 2.15. The number of carbonyl (C=O) groups is 1. The lowest BCUT2D eigenvalue weighted by atomic mass is 9.97. The summed E-state index contributed by atoms with van der Waals surface area (Å²) in [6, 6.07) is 14.9. The van der Waals surface area contributed by atoms with Gasteiger partial charge in [0.15, 0.2) is 0 Å². The molecule has 1 aromatic heterocycles. The fourth-order valence-corrected chi connectivity index (χ4v) is 5.43. The van der Waals surface area contributed by atoms with Crippen molar-refractivity contribution in [3.05, 3.63) is 65.4 Å². The number of aromatic nitrogens is 1. The van der Waals surface area contributed by atoms with Crippen LogP contribution in [0.25, 0.3) is 10.9 Å². The van der Waals surface area contributed by atoms with Crippen molar-refractivity contribution < 1.29 is 13.2 Å². The smallest absolute Gasteiger partial charge is 0.240 e. The third-order valence-electron chi connectivity index (χ3n) is 6.12. The minimum atomic E-state index is -3.54. The predicted octanol–water partition coefficient (Wildman–Crippen LogP) is 3.54. The zero-order chi connectivity index (χ0) is 22.0. The normalized spacial score (nSPS) is 17.2. The van der Waals surface area contributed by atoms with Crippen molar-refractivity contribution in [2.45, 2.75) is 38.0 Å². The Hall–Kier alpha value is -2.64. The molecular formula is C24H29N3O3S. The van der Waals surface area contributed by atoms with E-state index >= 15 is 0 Å². The van der Waals surface area contributed by atoms with E-state index in [4.69, 9.17) is 0 Å². The van der Waals surface area contributed by atoms with Gasteiger partial charge in [-0.3, -0.25) is 4.79 Å². The number of benzene rings is 2. The molecule has 2 aromatic carbocycles. The molecule has 3 aromatic rings. The second kappa shape index (κ2) is 8.85. The summed E-state index contributed by atoms with van der Waals surface area (Å²) in [5.74, 6) is 0.209. The Morgan fingerprint density at radius 1 is 1.13 bits per heavy atom. The van der Waals surface area contributed by atoms with E-state index in [2.05, 4.69) is 9.71 Å². The zero-order valence-corrected chi connectivity index (χ0v) is 18.8. The molecule has 7 heteroatoms. The molecular weight excluding hydrogens is 410 g/mol. The lowest BCUT2D eigenvalue weighted by molar-refractivity contribution is -0.132. The summed E-state index contributed by atoms with van der Waals surface area (Å²) >= 11 is 0. The highest BCUT2D eigenvalue weighted by Gasteiger charge is 2.26. The van der Waals surface area contributed by atoms with E-state index in [0.717, 1.165) is 47.1 Å². The number of hydrogen-bond donors (Lipinski definition) is 2. The van der Waals surface area contributed by atoms with E-state index in [1.54, 1.807) is 24.3 Å². The van der Waals surface area contributed by atoms with E-state index in [0.29, 0.717) is 19.5 Å². The van der Waals surface area contributed by atoms with Gasteiger partial charge in [0, 0.05) is 36.2 Å². The number of fused-ring (bicyclic) bond motifs is 1. The summed E-state index contributed by atoms with van der Waals surface area (Å²) < 4.78 is 27.9. The molecule has 2 N–H and O–H groups in total. The van der Waals surface area contributed by atoms with E-state index in [1.165, 1.54) is 0 Å². The van der Waals surface area contributed by atoms with Crippen molar-refractivity contribution in [2.75, 3.05) is 19.6 Å². The lowest BCUT2D eigenvalue weighted by Gasteiger charge is -2.33.